The second kappa shape index (κ2) is 2.72. The molecule has 0 aliphatic carbocycles. The molecule has 1 aromatic heterocycles. The maximum absolute atomic E-state index is 10.9. The number of hydrogen-bond donors (Lipinski definition) is 1. The molecule has 0 fully saturated rings. The van der Waals surface area contributed by atoms with Crippen LogP contribution in [0.3, 0.4) is 0 Å². The molecule has 1 N–H and O–H groups in total. The van der Waals surface area contributed by atoms with E-state index < -0.39 is 17.0 Å². The molecule has 6 nitrogen and oxygen atoms in total. The quantitative estimate of drug-likeness (QED) is 0.528. The van der Waals surface area contributed by atoms with Gasteiger partial charge in [-0.1, -0.05) is 0 Å². The third-order valence-corrected chi connectivity index (χ3v) is 1.31. The molecular formula is C6H7N3O3. The topological polar surface area (TPSA) is 84.8 Å². The van der Waals surface area contributed by atoms with Crippen molar-refractivity contribution < 1.29 is 4.79 Å². The molecule has 6 heteroatoms. The number of hydrogen-bond acceptors (Lipinski definition) is 4. The molecule has 64 valence electrons. The smallest absolute Gasteiger partial charge is 0.292 e. The first-order valence-corrected chi connectivity index (χ1v) is 3.21. The van der Waals surface area contributed by atoms with Gasteiger partial charge >= 0.3 is 5.69 Å². The van der Waals surface area contributed by atoms with E-state index in [0.717, 1.165) is 4.68 Å². The van der Waals surface area contributed by atoms with Crippen LogP contribution in [0.25, 0.3) is 0 Å². The molecule has 0 radical (unpaired) electrons. The number of H-pyrrole nitrogens is 1. The molecule has 1 rings (SSSR count). The van der Waals surface area contributed by atoms with Crippen LogP contribution in [0.5, 0.6) is 0 Å². The number of nitrogens with one attached hydrogen (secondary N) is 1. The lowest BCUT2D eigenvalue weighted by atomic mass is 10.3. The SMILES string of the molecule is CC(=O)c1nn(C)c(=O)[nH]c1=O. The highest BCUT2D eigenvalue weighted by Gasteiger charge is 2.08. The number of Topliss-reactive ketones (excluding diaryl/α,β-unsaturated/α-hetero) is 1. The van der Waals surface area contributed by atoms with Crippen molar-refractivity contribution in [2.75, 3.05) is 0 Å². The summed E-state index contributed by atoms with van der Waals surface area (Å²) in [7, 11) is 1.35. The molecule has 0 aliphatic rings. The molecular weight excluding hydrogens is 162 g/mol. The van der Waals surface area contributed by atoms with E-state index >= 15 is 0 Å². The third kappa shape index (κ3) is 1.31. The number of aromatic amines is 1. The van der Waals surface area contributed by atoms with Gasteiger partial charge in [-0.05, 0) is 0 Å². The van der Waals surface area contributed by atoms with Crippen molar-refractivity contribution in [2.45, 2.75) is 6.92 Å². The van der Waals surface area contributed by atoms with Crippen LogP contribution in [0, 0.1) is 0 Å². The molecule has 0 saturated carbocycles. The highest BCUT2D eigenvalue weighted by Crippen LogP contribution is 1.80. The Kier molecular flexibility index (Phi) is 1.90. The lowest BCUT2D eigenvalue weighted by molar-refractivity contribution is 0.100. The van der Waals surface area contributed by atoms with Crippen molar-refractivity contribution in [1.82, 2.24) is 14.8 Å². The van der Waals surface area contributed by atoms with E-state index in [4.69, 9.17) is 0 Å². The molecule has 0 unspecified atom stereocenters. The summed E-state index contributed by atoms with van der Waals surface area (Å²) in [4.78, 5) is 34.3. The van der Waals surface area contributed by atoms with E-state index in [-0.39, 0.29) is 5.69 Å². The Morgan fingerprint density at radius 2 is 2.08 bits per heavy atom. The summed E-state index contributed by atoms with van der Waals surface area (Å²) >= 11 is 0. The number of nitrogens with zero attached hydrogens (tertiary/aromatic N) is 2. The van der Waals surface area contributed by atoms with Gasteiger partial charge in [-0.3, -0.25) is 14.6 Å². The third-order valence-electron chi connectivity index (χ3n) is 1.31. The van der Waals surface area contributed by atoms with Crippen LogP contribution in [-0.2, 0) is 7.05 Å². The number of aryl methyl sites for hydroxylation is 1. The van der Waals surface area contributed by atoms with Crippen LogP contribution in [0.15, 0.2) is 9.59 Å². The van der Waals surface area contributed by atoms with Crippen LogP contribution < -0.4 is 11.2 Å². The fourth-order valence-electron chi connectivity index (χ4n) is 0.708. The lowest BCUT2D eigenvalue weighted by Gasteiger charge is -1.95. The summed E-state index contributed by atoms with van der Waals surface area (Å²) in [6, 6.07) is 0. The van der Waals surface area contributed by atoms with Crippen molar-refractivity contribution in [1.29, 1.82) is 0 Å². The van der Waals surface area contributed by atoms with Crippen LogP contribution in [0.4, 0.5) is 0 Å². The Balaban J connectivity index is 3.54. The lowest BCUT2D eigenvalue weighted by Crippen LogP contribution is -2.34. The minimum atomic E-state index is -0.745. The van der Waals surface area contributed by atoms with Crippen molar-refractivity contribution in [3.8, 4) is 0 Å². The average Bonchev–Trinajstić information content (AvgIpc) is 1.96. The van der Waals surface area contributed by atoms with Gasteiger partial charge in [0.05, 0.1) is 0 Å². The molecule has 1 aromatic rings. The first kappa shape index (κ1) is 8.38. The van der Waals surface area contributed by atoms with Gasteiger partial charge in [-0.25, -0.2) is 9.48 Å². The van der Waals surface area contributed by atoms with Gasteiger partial charge in [0.15, 0.2) is 11.5 Å². The van der Waals surface area contributed by atoms with Gasteiger partial charge in [0.2, 0.25) is 0 Å². The molecule has 0 aromatic carbocycles. The largest absolute Gasteiger partial charge is 0.344 e. The zero-order chi connectivity index (χ0) is 9.30. The molecule has 0 saturated heterocycles. The summed E-state index contributed by atoms with van der Waals surface area (Å²) in [5.41, 5.74) is -1.63. The highest BCUT2D eigenvalue weighted by atomic mass is 16.2. The van der Waals surface area contributed by atoms with Gasteiger partial charge in [0, 0.05) is 14.0 Å². The standard InChI is InChI=1S/C6H7N3O3/c1-3(10)4-5(11)7-6(12)9(2)8-4/h1-2H3,(H,7,11,12). The number of carbonyl (C=O) groups excluding carboxylic acids is 1. The van der Waals surface area contributed by atoms with E-state index in [2.05, 4.69) is 5.10 Å². The Hall–Kier alpha value is -1.72. The van der Waals surface area contributed by atoms with Crippen molar-refractivity contribution >= 4 is 5.78 Å². The second-order valence-electron chi connectivity index (χ2n) is 2.29. The summed E-state index contributed by atoms with van der Waals surface area (Å²) in [6.45, 7) is 1.21. The normalized spacial score (nSPS) is 9.83. The first-order valence-electron chi connectivity index (χ1n) is 3.21. The van der Waals surface area contributed by atoms with E-state index in [1.807, 2.05) is 4.98 Å². The molecule has 12 heavy (non-hydrogen) atoms. The number of carbonyl (C=O) groups is 1. The predicted octanol–water partition coefficient (Wildman–Crippen LogP) is -1.33. The maximum atomic E-state index is 10.9. The molecule has 0 aliphatic heterocycles. The Labute approximate surface area is 66.8 Å². The monoisotopic (exact) mass is 169 g/mol. The highest BCUT2D eigenvalue weighted by molar-refractivity contribution is 5.91. The van der Waals surface area contributed by atoms with E-state index in [0.29, 0.717) is 0 Å². The zero-order valence-corrected chi connectivity index (χ0v) is 6.62. The molecule has 1 heterocycles. The van der Waals surface area contributed by atoms with Gasteiger partial charge in [0.25, 0.3) is 5.56 Å². The van der Waals surface area contributed by atoms with E-state index in [9.17, 15) is 14.4 Å². The van der Waals surface area contributed by atoms with Crippen LogP contribution in [-0.4, -0.2) is 20.5 Å². The zero-order valence-electron chi connectivity index (χ0n) is 6.62. The average molecular weight is 169 g/mol. The van der Waals surface area contributed by atoms with Gasteiger partial charge in [-0.15, -0.1) is 0 Å². The van der Waals surface area contributed by atoms with Crippen molar-refractivity contribution in [3.63, 3.8) is 0 Å². The maximum Gasteiger partial charge on any atom is 0.344 e. The number of ketones is 1. The minimum Gasteiger partial charge on any atom is -0.292 e. The Morgan fingerprint density at radius 1 is 1.50 bits per heavy atom. The fraction of sp³-hybridized carbons (Fsp3) is 0.333. The molecule has 0 spiro atoms. The first-order chi connectivity index (χ1) is 5.52. The predicted molar refractivity (Wildman–Crippen MR) is 40.1 cm³/mol. The van der Waals surface area contributed by atoms with Crippen LogP contribution in [0.1, 0.15) is 17.4 Å². The molecule has 0 amide bonds. The molecule has 0 bridgehead atoms. The summed E-state index contributed by atoms with van der Waals surface area (Å²) in [5.74, 6) is -0.466. The molecule has 0 atom stereocenters. The fourth-order valence-corrected chi connectivity index (χ4v) is 0.708. The number of rotatable bonds is 1. The van der Waals surface area contributed by atoms with Gasteiger partial charge in [-0.2, -0.15) is 5.10 Å². The summed E-state index contributed by atoms with van der Waals surface area (Å²) in [5, 5.41) is 3.48. The summed E-state index contributed by atoms with van der Waals surface area (Å²) < 4.78 is 0.901. The van der Waals surface area contributed by atoms with E-state index in [1.165, 1.54) is 14.0 Å². The van der Waals surface area contributed by atoms with Gasteiger partial charge in [0.1, 0.15) is 0 Å². The minimum absolute atomic E-state index is 0.253. The number of aromatic nitrogens is 3. The van der Waals surface area contributed by atoms with Crippen LogP contribution in [0.2, 0.25) is 0 Å². The van der Waals surface area contributed by atoms with Crippen molar-refractivity contribution in [2.24, 2.45) is 7.05 Å². The summed E-state index contributed by atoms with van der Waals surface area (Å²) in [6.07, 6.45) is 0. The second-order valence-corrected chi connectivity index (χ2v) is 2.29. The van der Waals surface area contributed by atoms with Crippen LogP contribution >= 0.6 is 0 Å². The van der Waals surface area contributed by atoms with E-state index in [1.54, 1.807) is 0 Å². The van der Waals surface area contributed by atoms with Crippen molar-refractivity contribution in [3.05, 3.63) is 26.5 Å². The Bertz CT molecular complexity index is 428. The van der Waals surface area contributed by atoms with Gasteiger partial charge < -0.3 is 0 Å². The Morgan fingerprint density at radius 3 is 2.58 bits per heavy atom.